The molecule has 0 saturated carbocycles. The minimum absolute atomic E-state index is 0.184. The highest BCUT2D eigenvalue weighted by Gasteiger charge is 2.02. The van der Waals surface area contributed by atoms with Crippen molar-refractivity contribution >= 4 is 17.7 Å². The van der Waals surface area contributed by atoms with E-state index < -0.39 is 5.82 Å². The molecule has 2 rings (SSSR count). The van der Waals surface area contributed by atoms with E-state index in [1.54, 1.807) is 18.2 Å². The Morgan fingerprint density at radius 1 is 1.15 bits per heavy atom. The third-order valence-corrected chi connectivity index (χ3v) is 2.95. The van der Waals surface area contributed by atoms with Gasteiger partial charge in [0.05, 0.1) is 5.69 Å². The molecule has 0 radical (unpaired) electrons. The van der Waals surface area contributed by atoms with Gasteiger partial charge in [0.25, 0.3) is 0 Å². The molecule has 0 aliphatic heterocycles. The summed E-state index contributed by atoms with van der Waals surface area (Å²) in [7, 11) is 0. The van der Waals surface area contributed by atoms with Gasteiger partial charge in [0, 0.05) is 6.08 Å². The zero-order chi connectivity index (χ0) is 14.4. The van der Waals surface area contributed by atoms with Gasteiger partial charge in [0.2, 0.25) is 5.91 Å². The Balaban J connectivity index is 2.00. The van der Waals surface area contributed by atoms with Crippen LogP contribution in [0.25, 0.3) is 6.08 Å². The average molecular weight is 269 g/mol. The van der Waals surface area contributed by atoms with E-state index in [9.17, 15) is 9.18 Å². The number of rotatable bonds is 4. The molecule has 2 aromatic carbocycles. The summed E-state index contributed by atoms with van der Waals surface area (Å²) in [6, 6.07) is 14.0. The fourth-order valence-corrected chi connectivity index (χ4v) is 1.77. The molecule has 0 aliphatic rings. The molecule has 1 amide bonds. The minimum atomic E-state index is -0.443. The Bertz CT molecular complexity index is 617. The molecule has 0 aliphatic carbocycles. The van der Waals surface area contributed by atoms with Crippen LogP contribution in [0.3, 0.4) is 0 Å². The van der Waals surface area contributed by atoms with E-state index in [1.807, 2.05) is 24.3 Å². The fraction of sp³-hybridized carbons (Fsp3) is 0.118. The summed E-state index contributed by atoms with van der Waals surface area (Å²) in [6.45, 7) is 2.09. The van der Waals surface area contributed by atoms with Crippen LogP contribution >= 0.6 is 0 Å². The minimum Gasteiger partial charge on any atom is -0.320 e. The second kappa shape index (κ2) is 6.66. The highest BCUT2D eigenvalue weighted by atomic mass is 19.1. The number of halogens is 1. The van der Waals surface area contributed by atoms with Gasteiger partial charge in [-0.3, -0.25) is 4.79 Å². The van der Waals surface area contributed by atoms with Crippen LogP contribution in [-0.4, -0.2) is 5.91 Å². The molecule has 0 atom stereocenters. The van der Waals surface area contributed by atoms with Crippen molar-refractivity contribution in [3.63, 3.8) is 0 Å². The molecule has 3 heteroatoms. The maximum absolute atomic E-state index is 13.4. The third-order valence-electron chi connectivity index (χ3n) is 2.95. The predicted octanol–water partition coefficient (Wildman–Crippen LogP) is 4.04. The number of amides is 1. The molecule has 0 spiro atoms. The van der Waals surface area contributed by atoms with Crippen LogP contribution in [0.15, 0.2) is 54.6 Å². The molecule has 0 aromatic heterocycles. The van der Waals surface area contributed by atoms with Crippen LogP contribution < -0.4 is 5.32 Å². The summed E-state index contributed by atoms with van der Waals surface area (Å²) in [5, 5.41) is 2.50. The normalized spacial score (nSPS) is 10.7. The zero-order valence-electron chi connectivity index (χ0n) is 11.3. The number of nitrogens with one attached hydrogen (secondary N) is 1. The summed E-state index contributed by atoms with van der Waals surface area (Å²) in [5.41, 5.74) is 2.37. The van der Waals surface area contributed by atoms with Crippen molar-refractivity contribution in [3.05, 3.63) is 71.6 Å². The van der Waals surface area contributed by atoms with Crippen LogP contribution in [-0.2, 0) is 11.2 Å². The van der Waals surface area contributed by atoms with Crippen molar-refractivity contribution in [2.45, 2.75) is 13.3 Å². The molecule has 0 bridgehead atoms. The van der Waals surface area contributed by atoms with Crippen molar-refractivity contribution in [1.29, 1.82) is 0 Å². The Morgan fingerprint density at radius 3 is 2.50 bits per heavy atom. The molecular weight excluding hydrogens is 253 g/mol. The van der Waals surface area contributed by atoms with E-state index in [0.717, 1.165) is 12.0 Å². The van der Waals surface area contributed by atoms with Crippen LogP contribution in [0.5, 0.6) is 0 Å². The van der Waals surface area contributed by atoms with E-state index in [-0.39, 0.29) is 11.6 Å². The Morgan fingerprint density at radius 2 is 1.85 bits per heavy atom. The molecule has 2 nitrogen and oxygen atoms in total. The van der Waals surface area contributed by atoms with Crippen LogP contribution in [0.1, 0.15) is 18.1 Å². The summed E-state index contributed by atoms with van der Waals surface area (Å²) in [6.07, 6.45) is 4.08. The molecule has 20 heavy (non-hydrogen) atoms. The van der Waals surface area contributed by atoms with Crippen molar-refractivity contribution in [2.24, 2.45) is 0 Å². The van der Waals surface area contributed by atoms with Crippen LogP contribution in [0.4, 0.5) is 10.1 Å². The first kappa shape index (κ1) is 14.0. The maximum atomic E-state index is 13.4. The number of benzene rings is 2. The second-order valence-electron chi connectivity index (χ2n) is 4.40. The SMILES string of the molecule is CCc1ccc(/C=C/C(=O)Nc2ccccc2F)cc1. The van der Waals surface area contributed by atoms with E-state index >= 15 is 0 Å². The predicted molar refractivity (Wildman–Crippen MR) is 79.9 cm³/mol. The summed E-state index contributed by atoms with van der Waals surface area (Å²) >= 11 is 0. The average Bonchev–Trinajstić information content (AvgIpc) is 2.48. The molecular formula is C17H16FNO. The van der Waals surface area contributed by atoms with Crippen molar-refractivity contribution in [1.82, 2.24) is 0 Å². The number of hydrogen-bond acceptors (Lipinski definition) is 1. The molecule has 0 saturated heterocycles. The fourth-order valence-electron chi connectivity index (χ4n) is 1.77. The number of hydrogen-bond donors (Lipinski definition) is 1. The summed E-state index contributed by atoms with van der Waals surface area (Å²) in [5.74, 6) is -0.795. The standard InChI is InChI=1S/C17H16FNO/c1-2-13-7-9-14(10-8-13)11-12-17(20)19-16-6-4-3-5-15(16)18/h3-12H,2H2,1H3,(H,19,20)/b12-11+. The molecule has 1 N–H and O–H groups in total. The summed E-state index contributed by atoms with van der Waals surface area (Å²) < 4.78 is 13.4. The summed E-state index contributed by atoms with van der Waals surface area (Å²) in [4.78, 5) is 11.7. The van der Waals surface area contributed by atoms with Gasteiger partial charge in [-0.15, -0.1) is 0 Å². The van der Waals surface area contributed by atoms with E-state index in [1.165, 1.54) is 23.8 Å². The smallest absolute Gasteiger partial charge is 0.248 e. The van der Waals surface area contributed by atoms with Gasteiger partial charge in [-0.2, -0.15) is 0 Å². The lowest BCUT2D eigenvalue weighted by Gasteiger charge is -2.02. The number of para-hydroxylation sites is 1. The zero-order valence-corrected chi connectivity index (χ0v) is 11.3. The first-order chi connectivity index (χ1) is 9.69. The topological polar surface area (TPSA) is 29.1 Å². The molecule has 0 heterocycles. The highest BCUT2D eigenvalue weighted by molar-refractivity contribution is 6.01. The van der Waals surface area contributed by atoms with Gasteiger partial charge in [-0.25, -0.2) is 4.39 Å². The number of anilines is 1. The third kappa shape index (κ3) is 3.79. The Kier molecular flexibility index (Phi) is 4.66. The maximum Gasteiger partial charge on any atom is 0.248 e. The Hall–Kier alpha value is -2.42. The highest BCUT2D eigenvalue weighted by Crippen LogP contribution is 2.12. The van der Waals surface area contributed by atoms with Crippen molar-refractivity contribution in [3.8, 4) is 0 Å². The second-order valence-corrected chi connectivity index (χ2v) is 4.40. The number of carbonyl (C=O) groups excluding carboxylic acids is 1. The lowest BCUT2D eigenvalue weighted by Crippen LogP contribution is -2.08. The van der Waals surface area contributed by atoms with Gasteiger partial charge in [0.1, 0.15) is 5.82 Å². The van der Waals surface area contributed by atoms with Crippen LogP contribution in [0, 0.1) is 5.82 Å². The first-order valence-corrected chi connectivity index (χ1v) is 6.51. The van der Waals surface area contributed by atoms with E-state index in [0.29, 0.717) is 0 Å². The van der Waals surface area contributed by atoms with Gasteiger partial charge < -0.3 is 5.32 Å². The largest absolute Gasteiger partial charge is 0.320 e. The monoisotopic (exact) mass is 269 g/mol. The first-order valence-electron chi connectivity index (χ1n) is 6.51. The molecule has 0 unspecified atom stereocenters. The van der Waals surface area contributed by atoms with Gasteiger partial charge >= 0.3 is 0 Å². The molecule has 0 fully saturated rings. The number of aryl methyl sites for hydroxylation is 1. The van der Waals surface area contributed by atoms with Gasteiger partial charge in [0.15, 0.2) is 0 Å². The van der Waals surface area contributed by atoms with E-state index in [4.69, 9.17) is 0 Å². The molecule has 2 aromatic rings. The lowest BCUT2D eigenvalue weighted by molar-refractivity contribution is -0.111. The van der Waals surface area contributed by atoms with Crippen molar-refractivity contribution < 1.29 is 9.18 Å². The Labute approximate surface area is 118 Å². The quantitative estimate of drug-likeness (QED) is 0.834. The number of carbonyl (C=O) groups is 1. The van der Waals surface area contributed by atoms with E-state index in [2.05, 4.69) is 12.2 Å². The van der Waals surface area contributed by atoms with Crippen LogP contribution in [0.2, 0.25) is 0 Å². The molecule has 102 valence electrons. The van der Waals surface area contributed by atoms with Gasteiger partial charge in [-0.05, 0) is 35.8 Å². The van der Waals surface area contributed by atoms with Crippen molar-refractivity contribution in [2.75, 3.05) is 5.32 Å². The van der Waals surface area contributed by atoms with Gasteiger partial charge in [-0.1, -0.05) is 43.3 Å². The lowest BCUT2D eigenvalue weighted by atomic mass is 10.1.